The maximum Gasteiger partial charge on any atom is 0.389 e. The Morgan fingerprint density at radius 3 is 2.55 bits per heavy atom. The summed E-state index contributed by atoms with van der Waals surface area (Å²) in [5.41, 5.74) is -1.39. The lowest BCUT2D eigenvalue weighted by Gasteiger charge is -2.47. The van der Waals surface area contributed by atoms with Crippen LogP contribution in [0.5, 0.6) is 0 Å². The normalized spacial score (nSPS) is 32.8. The van der Waals surface area contributed by atoms with Gasteiger partial charge in [0, 0.05) is 19.4 Å². The third-order valence-electron chi connectivity index (χ3n) is 3.97. The van der Waals surface area contributed by atoms with E-state index in [1.54, 1.807) is 6.92 Å². The van der Waals surface area contributed by atoms with Crippen molar-refractivity contribution >= 4 is 5.91 Å². The van der Waals surface area contributed by atoms with E-state index >= 15 is 0 Å². The summed E-state index contributed by atoms with van der Waals surface area (Å²) in [5.74, 6) is -0.428. The van der Waals surface area contributed by atoms with Gasteiger partial charge in [0.05, 0.1) is 24.3 Å². The maximum absolute atomic E-state index is 12.3. The number of hydrogen-bond acceptors (Lipinski definition) is 5. The molecular weight excluding hydrogens is 305 g/mol. The molecule has 0 spiro atoms. The fraction of sp³-hybridized carbons (Fsp3) is 0.923. The van der Waals surface area contributed by atoms with Crippen LogP contribution < -0.4 is 10.6 Å². The zero-order valence-electron chi connectivity index (χ0n) is 12.4. The molecule has 0 aromatic heterocycles. The first-order valence-corrected chi connectivity index (χ1v) is 7.23. The van der Waals surface area contributed by atoms with Crippen molar-refractivity contribution in [2.45, 2.75) is 62.6 Å². The van der Waals surface area contributed by atoms with E-state index in [1.807, 2.05) is 0 Å². The lowest BCUT2D eigenvalue weighted by Crippen LogP contribution is -2.73. The summed E-state index contributed by atoms with van der Waals surface area (Å²) in [7, 11) is 0. The van der Waals surface area contributed by atoms with Gasteiger partial charge in [0.15, 0.2) is 0 Å². The van der Waals surface area contributed by atoms with Crippen LogP contribution in [0.25, 0.3) is 0 Å². The number of aliphatic hydroxyl groups excluding tert-OH is 3. The summed E-state index contributed by atoms with van der Waals surface area (Å²) in [6.45, 7) is 1.12. The first-order chi connectivity index (χ1) is 10.1. The summed E-state index contributed by atoms with van der Waals surface area (Å²) in [5, 5.41) is 34.6. The molecule has 0 aliphatic carbocycles. The Morgan fingerprint density at radius 1 is 1.41 bits per heavy atom. The van der Waals surface area contributed by atoms with Crippen molar-refractivity contribution in [2.24, 2.45) is 0 Å². The zero-order valence-corrected chi connectivity index (χ0v) is 12.4. The second kappa shape index (κ2) is 7.58. The molecule has 130 valence electrons. The number of alkyl halides is 3. The monoisotopic (exact) mass is 328 g/mol. The minimum atomic E-state index is -4.32. The van der Waals surface area contributed by atoms with Crippen molar-refractivity contribution in [3.63, 3.8) is 0 Å². The predicted molar refractivity (Wildman–Crippen MR) is 72.0 cm³/mol. The highest BCUT2D eigenvalue weighted by molar-refractivity contribution is 5.76. The second-order valence-corrected chi connectivity index (χ2v) is 5.63. The molecule has 1 rings (SSSR count). The zero-order chi connectivity index (χ0) is 17.0. The standard InChI is InChI=1S/C13H23F3N2O4/c1-2-9(20)18-12(4-3-5-13(14,15)16)7-17-8(6-19)10(21)11(12)22/h8,10-11,17,19,21-22H,2-7H2,1H3,(H,18,20)/t8-,10-,11+,12+/m1/s1. The molecule has 4 atom stereocenters. The van der Waals surface area contributed by atoms with E-state index in [4.69, 9.17) is 5.11 Å². The van der Waals surface area contributed by atoms with Crippen LogP contribution >= 0.6 is 0 Å². The summed E-state index contributed by atoms with van der Waals surface area (Å²) in [4.78, 5) is 11.6. The van der Waals surface area contributed by atoms with Crippen LogP contribution in [0.15, 0.2) is 0 Å². The number of halogens is 3. The fourth-order valence-corrected chi connectivity index (χ4v) is 2.65. The summed E-state index contributed by atoms with van der Waals surface area (Å²) < 4.78 is 36.9. The average molecular weight is 328 g/mol. The van der Waals surface area contributed by atoms with Crippen molar-refractivity contribution < 1.29 is 33.3 Å². The smallest absolute Gasteiger partial charge is 0.389 e. The number of nitrogens with one attached hydrogen (secondary N) is 2. The number of hydrogen-bond donors (Lipinski definition) is 5. The molecule has 0 radical (unpaired) electrons. The minimum absolute atomic E-state index is 0.0277. The Kier molecular flexibility index (Phi) is 6.60. The van der Waals surface area contributed by atoms with Crippen molar-refractivity contribution in [1.29, 1.82) is 0 Å². The topological polar surface area (TPSA) is 102 Å². The van der Waals surface area contributed by atoms with Gasteiger partial charge in [-0.25, -0.2) is 0 Å². The van der Waals surface area contributed by atoms with Crippen molar-refractivity contribution in [2.75, 3.05) is 13.2 Å². The van der Waals surface area contributed by atoms with E-state index < -0.39 is 48.9 Å². The van der Waals surface area contributed by atoms with Gasteiger partial charge in [0.25, 0.3) is 0 Å². The Hall–Kier alpha value is -0.900. The lowest BCUT2D eigenvalue weighted by molar-refractivity contribution is -0.141. The molecular formula is C13H23F3N2O4. The second-order valence-electron chi connectivity index (χ2n) is 5.63. The van der Waals surface area contributed by atoms with Gasteiger partial charge in [-0.1, -0.05) is 6.92 Å². The molecule has 0 unspecified atom stereocenters. The lowest BCUT2D eigenvalue weighted by atomic mass is 9.78. The van der Waals surface area contributed by atoms with Crippen LogP contribution in [0.2, 0.25) is 0 Å². The molecule has 5 N–H and O–H groups in total. The van der Waals surface area contributed by atoms with Gasteiger partial charge in [-0.05, 0) is 12.8 Å². The number of carbonyl (C=O) groups is 1. The molecule has 1 aliphatic rings. The number of piperidine rings is 1. The average Bonchev–Trinajstić information content (AvgIpc) is 2.43. The number of amides is 1. The maximum atomic E-state index is 12.3. The van der Waals surface area contributed by atoms with Crippen LogP contribution in [0.4, 0.5) is 13.2 Å². The van der Waals surface area contributed by atoms with Crippen LogP contribution in [0.3, 0.4) is 0 Å². The van der Waals surface area contributed by atoms with E-state index in [2.05, 4.69) is 10.6 Å². The van der Waals surface area contributed by atoms with E-state index in [1.165, 1.54) is 0 Å². The number of rotatable bonds is 6. The fourth-order valence-electron chi connectivity index (χ4n) is 2.65. The van der Waals surface area contributed by atoms with E-state index in [9.17, 15) is 28.2 Å². The third-order valence-corrected chi connectivity index (χ3v) is 3.97. The molecule has 0 saturated carbocycles. The van der Waals surface area contributed by atoms with Gasteiger partial charge in [-0.2, -0.15) is 13.2 Å². The number of carbonyl (C=O) groups excluding carboxylic acids is 1. The van der Waals surface area contributed by atoms with Crippen LogP contribution in [0.1, 0.15) is 32.6 Å². The molecule has 1 aliphatic heterocycles. The molecule has 1 saturated heterocycles. The van der Waals surface area contributed by atoms with E-state index in [0.717, 1.165) is 0 Å². The Labute approximate surface area is 126 Å². The van der Waals surface area contributed by atoms with E-state index in [0.29, 0.717) is 0 Å². The van der Waals surface area contributed by atoms with Gasteiger partial charge < -0.3 is 26.0 Å². The molecule has 22 heavy (non-hydrogen) atoms. The van der Waals surface area contributed by atoms with E-state index in [-0.39, 0.29) is 25.8 Å². The Bertz CT molecular complexity index is 381. The quantitative estimate of drug-likeness (QED) is 0.460. The molecule has 1 heterocycles. The molecule has 6 nitrogen and oxygen atoms in total. The molecule has 9 heteroatoms. The number of aliphatic hydroxyl groups is 3. The summed E-state index contributed by atoms with van der Waals surface area (Å²) in [6.07, 6.45) is -8.54. The summed E-state index contributed by atoms with van der Waals surface area (Å²) >= 11 is 0. The molecule has 1 fully saturated rings. The van der Waals surface area contributed by atoms with Gasteiger partial charge in [0.2, 0.25) is 5.91 Å². The summed E-state index contributed by atoms with van der Waals surface area (Å²) in [6, 6.07) is -0.788. The molecule has 1 amide bonds. The van der Waals surface area contributed by atoms with Crippen LogP contribution in [-0.2, 0) is 4.79 Å². The highest BCUT2D eigenvalue weighted by atomic mass is 19.4. The molecule has 0 aromatic carbocycles. The predicted octanol–water partition coefficient (Wildman–Crippen LogP) is -0.330. The van der Waals surface area contributed by atoms with Gasteiger partial charge >= 0.3 is 6.18 Å². The molecule has 0 bridgehead atoms. The highest BCUT2D eigenvalue weighted by Gasteiger charge is 2.48. The van der Waals surface area contributed by atoms with Crippen molar-refractivity contribution in [3.8, 4) is 0 Å². The minimum Gasteiger partial charge on any atom is -0.395 e. The molecule has 0 aromatic rings. The third kappa shape index (κ3) is 4.80. The highest BCUT2D eigenvalue weighted by Crippen LogP contribution is 2.30. The van der Waals surface area contributed by atoms with Crippen LogP contribution in [0, 0.1) is 0 Å². The van der Waals surface area contributed by atoms with Gasteiger partial charge in [-0.15, -0.1) is 0 Å². The van der Waals surface area contributed by atoms with Crippen LogP contribution in [-0.4, -0.2) is 64.3 Å². The Morgan fingerprint density at radius 2 is 2.05 bits per heavy atom. The SMILES string of the molecule is CCC(=O)N[C@@]1(CCCC(F)(F)F)CN[C@H](CO)[C@@H](O)[C@@H]1O. The Balaban J connectivity index is 2.85. The van der Waals surface area contributed by atoms with Crippen molar-refractivity contribution in [1.82, 2.24) is 10.6 Å². The van der Waals surface area contributed by atoms with Crippen molar-refractivity contribution in [3.05, 3.63) is 0 Å². The van der Waals surface area contributed by atoms with Gasteiger partial charge in [-0.3, -0.25) is 4.79 Å². The van der Waals surface area contributed by atoms with Gasteiger partial charge in [0.1, 0.15) is 6.10 Å². The largest absolute Gasteiger partial charge is 0.395 e. The first kappa shape index (κ1) is 19.1. The first-order valence-electron chi connectivity index (χ1n) is 7.23.